The summed E-state index contributed by atoms with van der Waals surface area (Å²) in [5, 5.41) is 8.44. The molecular formula is C16H20N2O2S. The molecule has 0 fully saturated rings. The molecule has 0 aliphatic carbocycles. The molecule has 0 saturated carbocycles. The summed E-state index contributed by atoms with van der Waals surface area (Å²) in [4.78, 5) is 0.152. The summed E-state index contributed by atoms with van der Waals surface area (Å²) in [5.41, 5.74) is 3.60. The fraction of sp³-hybridized carbons (Fsp3) is 0.250. The van der Waals surface area contributed by atoms with Gasteiger partial charge in [-0.2, -0.15) is 0 Å². The van der Waals surface area contributed by atoms with Gasteiger partial charge in [-0.1, -0.05) is 42.0 Å². The molecule has 0 bridgehead atoms. The first-order chi connectivity index (χ1) is 9.95. The third-order valence-electron chi connectivity index (χ3n) is 3.25. The number of nitrogens with two attached hydrogens (primary N) is 1. The first-order valence-electron chi connectivity index (χ1n) is 6.83. The summed E-state index contributed by atoms with van der Waals surface area (Å²) in [7, 11) is -3.60. The van der Waals surface area contributed by atoms with Gasteiger partial charge in [0.25, 0.3) is 0 Å². The largest absolute Gasteiger partial charge is 0.312 e. The van der Waals surface area contributed by atoms with Gasteiger partial charge in [-0.3, -0.25) is 0 Å². The van der Waals surface area contributed by atoms with Gasteiger partial charge in [0.15, 0.2) is 0 Å². The average molecular weight is 304 g/mol. The van der Waals surface area contributed by atoms with Crippen LogP contribution in [0.25, 0.3) is 0 Å². The molecule has 2 aromatic carbocycles. The van der Waals surface area contributed by atoms with E-state index in [9.17, 15) is 8.42 Å². The molecule has 0 aromatic heterocycles. The van der Waals surface area contributed by atoms with Gasteiger partial charge in [0, 0.05) is 6.54 Å². The Labute approximate surface area is 126 Å². The smallest absolute Gasteiger partial charge is 0.238 e. The topological polar surface area (TPSA) is 72.2 Å². The Morgan fingerprint density at radius 3 is 2.38 bits per heavy atom. The van der Waals surface area contributed by atoms with E-state index in [0.29, 0.717) is 0 Å². The molecule has 2 aromatic rings. The lowest BCUT2D eigenvalue weighted by molar-refractivity contribution is 0.597. The van der Waals surface area contributed by atoms with Crippen molar-refractivity contribution in [1.29, 1.82) is 0 Å². The second-order valence-electron chi connectivity index (χ2n) is 5.10. The number of rotatable bonds is 6. The quantitative estimate of drug-likeness (QED) is 0.802. The summed E-state index contributed by atoms with van der Waals surface area (Å²) in [6.45, 7) is 3.75. The molecule has 0 aliphatic heterocycles. The molecule has 0 spiro atoms. The maximum absolute atomic E-state index is 11.2. The SMILES string of the molecule is Cc1cccc(CNCCc2ccc(S(N)(=O)=O)cc2)c1. The third-order valence-corrected chi connectivity index (χ3v) is 4.18. The number of aryl methyl sites for hydroxylation is 1. The number of hydrogen-bond donors (Lipinski definition) is 2. The van der Waals surface area contributed by atoms with Crippen LogP contribution in [0.3, 0.4) is 0 Å². The average Bonchev–Trinajstić information content (AvgIpc) is 2.43. The van der Waals surface area contributed by atoms with E-state index < -0.39 is 10.0 Å². The van der Waals surface area contributed by atoms with Gasteiger partial charge in [0.1, 0.15) is 0 Å². The number of benzene rings is 2. The predicted octanol–water partition coefficient (Wildman–Crippen LogP) is 1.97. The van der Waals surface area contributed by atoms with Gasteiger partial charge in [0.2, 0.25) is 10.0 Å². The Kier molecular flexibility index (Phi) is 5.12. The second-order valence-corrected chi connectivity index (χ2v) is 6.67. The summed E-state index contributed by atoms with van der Waals surface area (Å²) in [5.74, 6) is 0. The zero-order valence-corrected chi connectivity index (χ0v) is 12.9. The number of sulfonamides is 1. The van der Waals surface area contributed by atoms with Crippen LogP contribution in [-0.4, -0.2) is 15.0 Å². The maximum atomic E-state index is 11.2. The van der Waals surface area contributed by atoms with Crippen molar-refractivity contribution in [3.63, 3.8) is 0 Å². The molecule has 5 heteroatoms. The zero-order chi connectivity index (χ0) is 15.3. The van der Waals surface area contributed by atoms with Crippen LogP contribution in [0, 0.1) is 6.92 Å². The van der Waals surface area contributed by atoms with Crippen LogP contribution in [0.1, 0.15) is 16.7 Å². The van der Waals surface area contributed by atoms with Crippen molar-refractivity contribution in [2.24, 2.45) is 5.14 Å². The summed E-state index contributed by atoms with van der Waals surface area (Å²) in [6.07, 6.45) is 0.844. The highest BCUT2D eigenvalue weighted by atomic mass is 32.2. The van der Waals surface area contributed by atoms with Crippen molar-refractivity contribution in [3.8, 4) is 0 Å². The minimum Gasteiger partial charge on any atom is -0.312 e. The van der Waals surface area contributed by atoms with Gasteiger partial charge < -0.3 is 5.32 Å². The molecule has 2 rings (SSSR count). The molecule has 0 saturated heterocycles. The minimum atomic E-state index is -3.60. The minimum absolute atomic E-state index is 0.152. The fourth-order valence-electron chi connectivity index (χ4n) is 2.13. The van der Waals surface area contributed by atoms with E-state index >= 15 is 0 Å². The Bertz CT molecular complexity index is 694. The lowest BCUT2D eigenvalue weighted by Crippen LogP contribution is -2.17. The highest BCUT2D eigenvalue weighted by Crippen LogP contribution is 2.09. The predicted molar refractivity (Wildman–Crippen MR) is 84.4 cm³/mol. The number of nitrogens with one attached hydrogen (secondary N) is 1. The van der Waals surface area contributed by atoms with Crippen molar-refractivity contribution >= 4 is 10.0 Å². The van der Waals surface area contributed by atoms with Crippen LogP contribution >= 0.6 is 0 Å². The van der Waals surface area contributed by atoms with E-state index in [0.717, 1.165) is 25.1 Å². The van der Waals surface area contributed by atoms with Crippen molar-refractivity contribution in [3.05, 3.63) is 65.2 Å². The summed E-state index contributed by atoms with van der Waals surface area (Å²) in [6, 6.07) is 15.1. The molecule has 0 atom stereocenters. The first kappa shape index (κ1) is 15.7. The highest BCUT2D eigenvalue weighted by molar-refractivity contribution is 7.89. The van der Waals surface area contributed by atoms with Crippen LogP contribution in [0.2, 0.25) is 0 Å². The third kappa shape index (κ3) is 4.97. The van der Waals surface area contributed by atoms with Gasteiger partial charge >= 0.3 is 0 Å². The normalized spacial score (nSPS) is 11.5. The monoisotopic (exact) mass is 304 g/mol. The van der Waals surface area contributed by atoms with E-state index in [1.54, 1.807) is 24.3 Å². The molecule has 0 aliphatic rings. The van der Waals surface area contributed by atoms with Crippen molar-refractivity contribution in [1.82, 2.24) is 5.32 Å². The van der Waals surface area contributed by atoms with Crippen LogP contribution in [0.5, 0.6) is 0 Å². The van der Waals surface area contributed by atoms with Gasteiger partial charge in [-0.05, 0) is 43.1 Å². The van der Waals surface area contributed by atoms with E-state index in [-0.39, 0.29) is 4.90 Å². The van der Waals surface area contributed by atoms with Gasteiger partial charge in [0.05, 0.1) is 4.90 Å². The second kappa shape index (κ2) is 6.85. The standard InChI is InChI=1S/C16H20N2O2S/c1-13-3-2-4-15(11-13)12-18-10-9-14-5-7-16(8-6-14)21(17,19)20/h2-8,11,18H,9-10,12H2,1H3,(H2,17,19,20). The lowest BCUT2D eigenvalue weighted by atomic mass is 10.1. The molecule has 21 heavy (non-hydrogen) atoms. The van der Waals surface area contributed by atoms with E-state index in [2.05, 4.69) is 36.5 Å². The Hall–Kier alpha value is -1.69. The van der Waals surface area contributed by atoms with Gasteiger partial charge in [-0.25, -0.2) is 13.6 Å². The van der Waals surface area contributed by atoms with Crippen molar-refractivity contribution < 1.29 is 8.42 Å². The van der Waals surface area contributed by atoms with E-state index in [4.69, 9.17) is 5.14 Å². The van der Waals surface area contributed by atoms with Gasteiger partial charge in [-0.15, -0.1) is 0 Å². The number of primary sulfonamides is 1. The molecule has 4 nitrogen and oxygen atoms in total. The van der Waals surface area contributed by atoms with Crippen LogP contribution in [-0.2, 0) is 23.0 Å². The number of hydrogen-bond acceptors (Lipinski definition) is 3. The molecule has 0 heterocycles. The highest BCUT2D eigenvalue weighted by Gasteiger charge is 2.06. The van der Waals surface area contributed by atoms with Crippen molar-refractivity contribution in [2.45, 2.75) is 24.8 Å². The zero-order valence-electron chi connectivity index (χ0n) is 12.0. The first-order valence-corrected chi connectivity index (χ1v) is 8.38. The van der Waals surface area contributed by atoms with Crippen LogP contribution < -0.4 is 10.5 Å². The lowest BCUT2D eigenvalue weighted by Gasteiger charge is -2.06. The van der Waals surface area contributed by atoms with Crippen LogP contribution in [0.4, 0.5) is 0 Å². The summed E-state index contributed by atoms with van der Waals surface area (Å²) < 4.78 is 22.3. The van der Waals surface area contributed by atoms with E-state index in [1.165, 1.54) is 11.1 Å². The molecule has 3 N–H and O–H groups in total. The Morgan fingerprint density at radius 2 is 1.76 bits per heavy atom. The van der Waals surface area contributed by atoms with E-state index in [1.807, 2.05) is 0 Å². The van der Waals surface area contributed by atoms with Crippen LogP contribution in [0.15, 0.2) is 53.4 Å². The maximum Gasteiger partial charge on any atom is 0.238 e. The molecular weight excluding hydrogens is 284 g/mol. The molecule has 0 unspecified atom stereocenters. The Morgan fingerprint density at radius 1 is 1.05 bits per heavy atom. The molecule has 0 radical (unpaired) electrons. The molecule has 0 amide bonds. The fourth-order valence-corrected chi connectivity index (χ4v) is 2.65. The molecule has 112 valence electrons. The van der Waals surface area contributed by atoms with Crippen molar-refractivity contribution in [2.75, 3.05) is 6.54 Å². The summed E-state index contributed by atoms with van der Waals surface area (Å²) >= 11 is 0. The Balaban J connectivity index is 1.81.